The molecular formula is C60H44N4. The predicted octanol–water partition coefficient (Wildman–Crippen LogP) is 13.9. The minimum atomic E-state index is 1.02. The van der Waals surface area contributed by atoms with Gasteiger partial charge in [-0.25, -0.2) is 0 Å². The Kier molecular flexibility index (Phi) is 8.32. The van der Waals surface area contributed by atoms with Gasteiger partial charge in [0.1, 0.15) is 0 Å². The lowest BCUT2D eigenvalue weighted by Crippen LogP contribution is -1.88. The van der Waals surface area contributed by atoms with Crippen LogP contribution in [0.25, 0.3) is 99.4 Å². The number of aromatic nitrogens is 4. The smallest absolute Gasteiger partial charge is 0.0501 e. The lowest BCUT2D eigenvalue weighted by Gasteiger charge is -2.01. The summed E-state index contributed by atoms with van der Waals surface area (Å²) in [6.45, 7) is 4.20. The lowest BCUT2D eigenvalue weighted by molar-refractivity contribution is 1.01. The lowest BCUT2D eigenvalue weighted by atomic mass is 10.1. The average molecular weight is 821 g/mol. The molecule has 8 aromatic carbocycles. The molecule has 0 fully saturated rings. The van der Waals surface area contributed by atoms with Crippen LogP contribution in [0.3, 0.4) is 0 Å². The van der Waals surface area contributed by atoms with Gasteiger partial charge in [0.05, 0.1) is 11.0 Å². The molecule has 0 saturated carbocycles. The van der Waals surface area contributed by atoms with Crippen molar-refractivity contribution in [1.29, 1.82) is 0 Å². The quantitative estimate of drug-likeness (QED) is 0.122. The first-order chi connectivity index (χ1) is 31.1. The largest absolute Gasteiger partial charge is 0.344 e. The highest BCUT2D eigenvalue weighted by molar-refractivity contribution is 6.19. The molecule has 12 rings (SSSR count). The molecule has 0 unspecified atom stereocenters. The van der Waals surface area contributed by atoms with E-state index >= 15 is 0 Å². The summed E-state index contributed by atoms with van der Waals surface area (Å²) >= 11 is 0. The van der Waals surface area contributed by atoms with E-state index in [0.29, 0.717) is 0 Å². The number of aryl methyl sites for hydroxylation is 6. The summed E-state index contributed by atoms with van der Waals surface area (Å²) in [6, 6.07) is 53.1. The van der Waals surface area contributed by atoms with Crippen LogP contribution in [0.15, 0.2) is 146 Å². The Hall–Kier alpha value is -8.18. The summed E-state index contributed by atoms with van der Waals surface area (Å²) < 4.78 is 9.31. The van der Waals surface area contributed by atoms with Crippen LogP contribution < -0.4 is 0 Å². The molecule has 4 aromatic heterocycles. The van der Waals surface area contributed by atoms with Gasteiger partial charge in [-0.1, -0.05) is 108 Å². The number of hydrogen-bond donors (Lipinski definition) is 0. The van der Waals surface area contributed by atoms with E-state index in [2.05, 4.69) is 242 Å². The molecule has 64 heavy (non-hydrogen) atoms. The van der Waals surface area contributed by atoms with Crippen LogP contribution in [0.1, 0.15) is 44.5 Å². The third-order valence-electron chi connectivity index (χ3n) is 13.6. The van der Waals surface area contributed by atoms with Crippen molar-refractivity contribution in [1.82, 2.24) is 18.3 Å². The second-order valence-corrected chi connectivity index (χ2v) is 17.6. The summed E-state index contributed by atoms with van der Waals surface area (Å²) in [5.74, 6) is 13.5. The Balaban J connectivity index is 0.855. The summed E-state index contributed by atoms with van der Waals surface area (Å²) in [5, 5.41) is 10.1. The van der Waals surface area contributed by atoms with E-state index < -0.39 is 0 Å². The molecule has 4 heteroatoms. The van der Waals surface area contributed by atoms with Crippen molar-refractivity contribution in [3.8, 4) is 23.7 Å². The molecule has 0 saturated heterocycles. The van der Waals surface area contributed by atoms with Gasteiger partial charge < -0.3 is 18.3 Å². The molecule has 304 valence electrons. The summed E-state index contributed by atoms with van der Waals surface area (Å²) in [5.41, 5.74) is 18.7. The zero-order chi connectivity index (χ0) is 43.4. The number of fused-ring (bicyclic) bond motifs is 12. The van der Waals surface area contributed by atoms with Crippen molar-refractivity contribution in [2.45, 2.75) is 13.8 Å². The molecule has 0 aliphatic carbocycles. The first kappa shape index (κ1) is 37.6. The van der Waals surface area contributed by atoms with Crippen LogP contribution in [0, 0.1) is 37.5 Å². The fourth-order valence-corrected chi connectivity index (χ4v) is 9.95. The normalized spacial score (nSPS) is 11.9. The number of hydrogen-bond acceptors (Lipinski definition) is 0. The Labute approximate surface area is 371 Å². The van der Waals surface area contributed by atoms with Crippen LogP contribution in [-0.2, 0) is 28.2 Å². The second-order valence-electron chi connectivity index (χ2n) is 17.6. The number of benzene rings is 8. The van der Waals surface area contributed by atoms with E-state index in [-0.39, 0.29) is 0 Å². The van der Waals surface area contributed by atoms with Crippen molar-refractivity contribution in [2.75, 3.05) is 0 Å². The van der Waals surface area contributed by atoms with E-state index in [9.17, 15) is 0 Å². The molecule has 0 amide bonds. The third kappa shape index (κ3) is 5.95. The van der Waals surface area contributed by atoms with Crippen LogP contribution in [0.5, 0.6) is 0 Å². The Morgan fingerprint density at radius 2 is 0.547 bits per heavy atom. The maximum atomic E-state index is 3.39. The van der Waals surface area contributed by atoms with E-state index in [1.807, 2.05) is 0 Å². The fraction of sp³-hybridized carbons (Fsp3) is 0.100. The molecule has 4 nitrogen and oxygen atoms in total. The highest BCUT2D eigenvalue weighted by Crippen LogP contribution is 2.39. The molecule has 0 aliphatic heterocycles. The van der Waals surface area contributed by atoms with Gasteiger partial charge in [-0.3, -0.25) is 0 Å². The summed E-state index contributed by atoms with van der Waals surface area (Å²) in [7, 11) is 8.71. The minimum Gasteiger partial charge on any atom is -0.344 e. The Morgan fingerprint density at radius 1 is 0.281 bits per heavy atom. The van der Waals surface area contributed by atoms with Gasteiger partial charge in [-0.05, 0) is 110 Å². The van der Waals surface area contributed by atoms with Gasteiger partial charge in [0, 0.05) is 127 Å². The van der Waals surface area contributed by atoms with Gasteiger partial charge >= 0.3 is 0 Å². The van der Waals surface area contributed by atoms with E-state index in [0.717, 1.165) is 22.3 Å². The van der Waals surface area contributed by atoms with Crippen LogP contribution >= 0.6 is 0 Å². The molecule has 0 aliphatic rings. The van der Waals surface area contributed by atoms with Crippen LogP contribution in [0.2, 0.25) is 0 Å². The summed E-state index contributed by atoms with van der Waals surface area (Å²) in [4.78, 5) is 0. The number of rotatable bonds is 2. The standard InChI is InChI=1S/C60H44N4/c1-37-7-11-39(12-8-37)15-17-41-21-25-45-49-33-59-51(35-57(49)61(3)53(45)29-41)47-27-23-43(31-55(47)63(59)5)19-20-44-24-28-48-52-36-58-50(34-60(52)64(6)56(48)32-44)46-26-22-42(30-54(46)62(58)4)18-16-40-13-9-38(2)10-14-40/h7-14,19-36H,1-6H3/b20-19+. The predicted molar refractivity (Wildman–Crippen MR) is 272 cm³/mol. The van der Waals surface area contributed by atoms with Crippen molar-refractivity contribution in [3.05, 3.63) is 190 Å². The molecule has 0 atom stereocenters. The number of nitrogens with zero attached hydrogens (tertiary/aromatic N) is 4. The topological polar surface area (TPSA) is 19.7 Å². The van der Waals surface area contributed by atoms with E-state index in [1.54, 1.807) is 0 Å². The van der Waals surface area contributed by atoms with Crippen LogP contribution in [0.4, 0.5) is 0 Å². The highest BCUT2D eigenvalue weighted by Gasteiger charge is 2.17. The Bertz CT molecular complexity index is 3850. The van der Waals surface area contributed by atoms with Crippen molar-refractivity contribution < 1.29 is 0 Å². The molecular weight excluding hydrogens is 777 g/mol. The molecule has 4 heterocycles. The zero-order valence-corrected chi connectivity index (χ0v) is 36.8. The van der Waals surface area contributed by atoms with Crippen molar-refractivity contribution >= 4 is 99.4 Å². The van der Waals surface area contributed by atoms with Gasteiger partial charge in [-0.2, -0.15) is 0 Å². The van der Waals surface area contributed by atoms with E-state index in [4.69, 9.17) is 0 Å². The fourth-order valence-electron chi connectivity index (χ4n) is 9.95. The minimum absolute atomic E-state index is 1.02. The molecule has 0 spiro atoms. The van der Waals surface area contributed by atoms with E-state index in [1.165, 1.54) is 109 Å². The van der Waals surface area contributed by atoms with Gasteiger partial charge in [-0.15, -0.1) is 0 Å². The van der Waals surface area contributed by atoms with Crippen LogP contribution in [-0.4, -0.2) is 18.3 Å². The van der Waals surface area contributed by atoms with Crippen molar-refractivity contribution in [2.24, 2.45) is 28.2 Å². The maximum Gasteiger partial charge on any atom is 0.0501 e. The second kappa shape index (κ2) is 14.2. The maximum absolute atomic E-state index is 3.39. The molecule has 0 radical (unpaired) electrons. The SMILES string of the molecule is Cc1ccc(C#Cc2ccc3c4cc5c(cc4n(C)c3c2)c2ccc(/C=C/c3ccc4c6cc7c(cc6n(C)c4c3)c3ccc(C#Cc4ccc(C)cc4)cc3n7C)cc2n5C)cc1. The average Bonchev–Trinajstić information content (AvgIpc) is 3.96. The van der Waals surface area contributed by atoms with Gasteiger partial charge in [0.25, 0.3) is 0 Å². The highest BCUT2D eigenvalue weighted by atomic mass is 15.0. The Morgan fingerprint density at radius 3 is 0.891 bits per heavy atom. The first-order valence-corrected chi connectivity index (χ1v) is 21.9. The first-order valence-electron chi connectivity index (χ1n) is 21.9. The molecule has 0 bridgehead atoms. The van der Waals surface area contributed by atoms with Crippen molar-refractivity contribution in [3.63, 3.8) is 0 Å². The summed E-state index contributed by atoms with van der Waals surface area (Å²) in [6.07, 6.45) is 4.48. The monoisotopic (exact) mass is 820 g/mol. The molecule has 12 aromatic rings. The van der Waals surface area contributed by atoms with Gasteiger partial charge in [0.2, 0.25) is 0 Å². The van der Waals surface area contributed by atoms with Gasteiger partial charge in [0.15, 0.2) is 0 Å². The third-order valence-corrected chi connectivity index (χ3v) is 13.6. The zero-order valence-electron chi connectivity index (χ0n) is 36.8. The molecule has 0 N–H and O–H groups in total.